The van der Waals surface area contributed by atoms with Crippen LogP contribution < -0.4 is 5.56 Å². The summed E-state index contributed by atoms with van der Waals surface area (Å²) in [6.45, 7) is 0. The van der Waals surface area contributed by atoms with Crippen LogP contribution in [-0.2, 0) is 0 Å². The highest BCUT2D eigenvalue weighted by atomic mass is 32.1. The van der Waals surface area contributed by atoms with Gasteiger partial charge in [-0.2, -0.15) is 0 Å². The minimum atomic E-state index is -0.140. The first-order valence-corrected chi connectivity index (χ1v) is 4.41. The summed E-state index contributed by atoms with van der Waals surface area (Å²) >= 11 is 4.88. The molecule has 0 aromatic carbocycles. The molecule has 0 fully saturated rings. The second-order valence-electron chi connectivity index (χ2n) is 2.73. The molecule has 70 valence electrons. The average Bonchev–Trinajstić information content (AvgIpc) is 2.18. The Hall–Kier alpha value is -1.75. The smallest absolute Gasteiger partial charge is 0.248 e. The van der Waals surface area contributed by atoms with Crippen LogP contribution in [0.1, 0.15) is 0 Å². The van der Waals surface area contributed by atoms with Gasteiger partial charge < -0.3 is 9.97 Å². The lowest BCUT2D eigenvalue weighted by molar-refractivity contribution is 1.13. The highest BCUT2D eigenvalue weighted by molar-refractivity contribution is 7.71. The maximum atomic E-state index is 11.0. The van der Waals surface area contributed by atoms with Gasteiger partial charge in [-0.3, -0.25) is 4.79 Å². The summed E-state index contributed by atoms with van der Waals surface area (Å²) < 4.78 is 0.405. The van der Waals surface area contributed by atoms with Gasteiger partial charge in [-0.05, 0) is 24.4 Å². The molecular weight excluding hydrogens is 198 g/mol. The van der Waals surface area contributed by atoms with E-state index in [2.05, 4.69) is 15.0 Å². The summed E-state index contributed by atoms with van der Waals surface area (Å²) in [5.74, 6) is 0. The van der Waals surface area contributed by atoms with Crippen LogP contribution in [0.25, 0.3) is 11.3 Å². The van der Waals surface area contributed by atoms with Crippen molar-refractivity contribution in [2.75, 3.05) is 0 Å². The maximum Gasteiger partial charge on any atom is 0.248 e. The van der Waals surface area contributed by atoms with Gasteiger partial charge in [0.2, 0.25) is 5.56 Å². The number of aromatic amines is 2. The van der Waals surface area contributed by atoms with Gasteiger partial charge in [0.25, 0.3) is 0 Å². The number of pyridine rings is 1. The van der Waals surface area contributed by atoms with Crippen LogP contribution in [0.4, 0.5) is 0 Å². The monoisotopic (exact) mass is 205 g/mol. The molecule has 0 bridgehead atoms. The molecule has 0 radical (unpaired) electrons. The van der Waals surface area contributed by atoms with Crippen LogP contribution in [0.2, 0.25) is 0 Å². The molecule has 0 aliphatic heterocycles. The first kappa shape index (κ1) is 8.83. The molecule has 2 heterocycles. The first-order valence-electron chi connectivity index (χ1n) is 4.00. The van der Waals surface area contributed by atoms with E-state index in [1.54, 1.807) is 24.5 Å². The van der Waals surface area contributed by atoms with Crippen molar-refractivity contribution in [2.45, 2.75) is 0 Å². The maximum absolute atomic E-state index is 11.0. The van der Waals surface area contributed by atoms with Crippen molar-refractivity contribution in [3.05, 3.63) is 45.7 Å². The SMILES string of the molecule is O=c1cc(-c2ccnc(=S)[nH]2)cc[nH]1. The second kappa shape index (κ2) is 3.55. The molecule has 0 aliphatic carbocycles. The van der Waals surface area contributed by atoms with E-state index in [0.717, 1.165) is 11.3 Å². The fraction of sp³-hybridized carbons (Fsp3) is 0. The topological polar surface area (TPSA) is 61.5 Å². The van der Waals surface area contributed by atoms with Crippen molar-refractivity contribution >= 4 is 12.2 Å². The number of H-pyrrole nitrogens is 2. The number of hydrogen-bond donors (Lipinski definition) is 2. The number of rotatable bonds is 1. The molecule has 4 nitrogen and oxygen atoms in total. The van der Waals surface area contributed by atoms with Gasteiger partial charge in [-0.25, -0.2) is 4.98 Å². The Labute approximate surface area is 84.7 Å². The molecule has 0 saturated heterocycles. The lowest BCUT2D eigenvalue weighted by atomic mass is 10.2. The van der Waals surface area contributed by atoms with E-state index < -0.39 is 0 Å². The van der Waals surface area contributed by atoms with E-state index in [-0.39, 0.29) is 5.56 Å². The minimum Gasteiger partial charge on any atom is -0.330 e. The van der Waals surface area contributed by atoms with Crippen molar-refractivity contribution in [3.8, 4) is 11.3 Å². The highest BCUT2D eigenvalue weighted by Crippen LogP contribution is 2.11. The van der Waals surface area contributed by atoms with E-state index in [4.69, 9.17) is 12.2 Å². The van der Waals surface area contributed by atoms with Crippen molar-refractivity contribution in [1.82, 2.24) is 15.0 Å². The lowest BCUT2D eigenvalue weighted by Crippen LogP contribution is -2.02. The molecule has 0 spiro atoms. The largest absolute Gasteiger partial charge is 0.330 e. The standard InChI is InChI=1S/C9H7N3OS/c13-8-5-6(1-3-10-8)7-2-4-11-9(14)12-7/h1-5H,(H,10,13)(H,11,12,14). The van der Waals surface area contributed by atoms with Crippen molar-refractivity contribution in [1.29, 1.82) is 0 Å². The molecule has 0 amide bonds. The molecule has 14 heavy (non-hydrogen) atoms. The summed E-state index contributed by atoms with van der Waals surface area (Å²) in [5.41, 5.74) is 1.44. The Morgan fingerprint density at radius 3 is 2.93 bits per heavy atom. The van der Waals surface area contributed by atoms with Crippen LogP contribution in [0.3, 0.4) is 0 Å². The van der Waals surface area contributed by atoms with Crippen molar-refractivity contribution < 1.29 is 0 Å². The van der Waals surface area contributed by atoms with Gasteiger partial charge in [0.15, 0.2) is 4.77 Å². The Kier molecular flexibility index (Phi) is 2.24. The summed E-state index contributed by atoms with van der Waals surface area (Å²) in [6.07, 6.45) is 3.20. The fourth-order valence-corrected chi connectivity index (χ4v) is 1.32. The van der Waals surface area contributed by atoms with Gasteiger partial charge in [0.05, 0.1) is 0 Å². The fourth-order valence-electron chi connectivity index (χ4n) is 1.15. The summed E-state index contributed by atoms with van der Waals surface area (Å²) in [4.78, 5) is 20.3. The third kappa shape index (κ3) is 1.77. The molecule has 2 rings (SSSR count). The molecule has 2 aromatic heterocycles. The molecule has 2 aromatic rings. The zero-order valence-corrected chi connectivity index (χ0v) is 7.97. The average molecular weight is 205 g/mol. The van der Waals surface area contributed by atoms with Gasteiger partial charge in [-0.1, -0.05) is 0 Å². The third-order valence-corrected chi connectivity index (χ3v) is 1.97. The van der Waals surface area contributed by atoms with E-state index in [1.807, 2.05) is 0 Å². The van der Waals surface area contributed by atoms with Gasteiger partial charge in [0.1, 0.15) is 0 Å². The van der Waals surface area contributed by atoms with Crippen LogP contribution in [0, 0.1) is 4.77 Å². The number of hydrogen-bond acceptors (Lipinski definition) is 3. The van der Waals surface area contributed by atoms with Gasteiger partial charge >= 0.3 is 0 Å². The van der Waals surface area contributed by atoms with Gasteiger partial charge in [0, 0.05) is 29.7 Å². The molecule has 0 unspecified atom stereocenters. The normalized spacial score (nSPS) is 10.0. The molecule has 0 saturated carbocycles. The third-order valence-electron chi connectivity index (χ3n) is 1.76. The summed E-state index contributed by atoms with van der Waals surface area (Å²) in [5, 5.41) is 0. The molecule has 2 N–H and O–H groups in total. The number of aromatic nitrogens is 3. The Bertz CT molecular complexity index is 506. The minimum absolute atomic E-state index is 0.140. The summed E-state index contributed by atoms with van der Waals surface area (Å²) in [7, 11) is 0. The molecule has 0 atom stereocenters. The summed E-state index contributed by atoms with van der Waals surface area (Å²) in [6, 6.07) is 5.06. The molecule has 0 aliphatic rings. The Balaban J connectivity index is 2.60. The van der Waals surface area contributed by atoms with Crippen molar-refractivity contribution in [3.63, 3.8) is 0 Å². The Morgan fingerprint density at radius 1 is 1.36 bits per heavy atom. The zero-order chi connectivity index (χ0) is 9.97. The zero-order valence-electron chi connectivity index (χ0n) is 7.15. The van der Waals surface area contributed by atoms with Crippen LogP contribution in [0.15, 0.2) is 35.4 Å². The van der Waals surface area contributed by atoms with E-state index in [0.29, 0.717) is 4.77 Å². The van der Waals surface area contributed by atoms with Crippen LogP contribution >= 0.6 is 12.2 Å². The van der Waals surface area contributed by atoms with Crippen LogP contribution in [-0.4, -0.2) is 15.0 Å². The van der Waals surface area contributed by atoms with Crippen LogP contribution in [0.5, 0.6) is 0 Å². The number of nitrogens with one attached hydrogen (secondary N) is 2. The van der Waals surface area contributed by atoms with Gasteiger partial charge in [-0.15, -0.1) is 0 Å². The predicted octanol–water partition coefficient (Wildman–Crippen LogP) is 1.49. The second-order valence-corrected chi connectivity index (χ2v) is 3.12. The van der Waals surface area contributed by atoms with E-state index in [1.165, 1.54) is 6.07 Å². The first-order chi connectivity index (χ1) is 6.75. The predicted molar refractivity (Wildman–Crippen MR) is 55.5 cm³/mol. The quantitative estimate of drug-likeness (QED) is 0.693. The van der Waals surface area contributed by atoms with Crippen molar-refractivity contribution in [2.24, 2.45) is 0 Å². The highest BCUT2D eigenvalue weighted by Gasteiger charge is 1.97. The lowest BCUT2D eigenvalue weighted by Gasteiger charge is -1.98. The number of nitrogens with zero attached hydrogens (tertiary/aromatic N) is 1. The Morgan fingerprint density at radius 2 is 2.21 bits per heavy atom. The molecular formula is C9H7N3OS. The molecule has 5 heteroatoms. The van der Waals surface area contributed by atoms with E-state index in [9.17, 15) is 4.79 Å². The van der Waals surface area contributed by atoms with E-state index >= 15 is 0 Å².